The number of carbonyl (C=O) groups excluding carboxylic acids is 1. The minimum atomic E-state index is -0.104. The van der Waals surface area contributed by atoms with Gasteiger partial charge in [-0.05, 0) is 43.0 Å². The number of pyridine rings is 1. The highest BCUT2D eigenvalue weighted by Gasteiger charge is 2.23. The van der Waals surface area contributed by atoms with Crippen molar-refractivity contribution in [1.82, 2.24) is 10.3 Å². The van der Waals surface area contributed by atoms with Crippen LogP contribution in [0.4, 0.5) is 5.69 Å². The molecule has 1 heterocycles. The van der Waals surface area contributed by atoms with Crippen LogP contribution in [0, 0.1) is 0 Å². The highest BCUT2D eigenvalue weighted by atomic mass is 16.1. The zero-order chi connectivity index (χ0) is 14.7. The Balaban J connectivity index is 1.66. The molecule has 2 N–H and O–H groups in total. The Bertz CT molecular complexity index is 629. The second-order valence-electron chi connectivity index (χ2n) is 5.31. The summed E-state index contributed by atoms with van der Waals surface area (Å²) in [6.45, 7) is 2.85. The number of hydrogen-bond donors (Lipinski definition) is 2. The molecule has 0 spiro atoms. The minimum Gasteiger partial charge on any atom is -0.385 e. The van der Waals surface area contributed by atoms with Gasteiger partial charge in [-0.2, -0.15) is 0 Å². The van der Waals surface area contributed by atoms with Crippen molar-refractivity contribution in [3.05, 3.63) is 59.4 Å². The molecule has 0 bridgehead atoms. The summed E-state index contributed by atoms with van der Waals surface area (Å²) in [6.07, 6.45) is 3.46. The number of hydrogen-bond acceptors (Lipinski definition) is 3. The van der Waals surface area contributed by atoms with Crippen LogP contribution in [0.15, 0.2) is 42.6 Å². The van der Waals surface area contributed by atoms with Crippen LogP contribution in [-0.2, 0) is 12.8 Å². The van der Waals surface area contributed by atoms with Gasteiger partial charge in [0.1, 0.15) is 5.69 Å². The van der Waals surface area contributed by atoms with Crippen molar-refractivity contribution in [3.8, 4) is 0 Å². The van der Waals surface area contributed by atoms with Gasteiger partial charge in [0, 0.05) is 24.5 Å². The summed E-state index contributed by atoms with van der Waals surface area (Å²) in [5.74, 6) is -0.104. The molecule has 1 aromatic carbocycles. The van der Waals surface area contributed by atoms with Gasteiger partial charge in [-0.25, -0.2) is 0 Å². The lowest BCUT2D eigenvalue weighted by atomic mass is 10.1. The molecule has 0 unspecified atom stereocenters. The average molecular weight is 281 g/mol. The average Bonchev–Trinajstić information content (AvgIpc) is 2.90. The van der Waals surface area contributed by atoms with Gasteiger partial charge in [-0.3, -0.25) is 9.78 Å². The SMILES string of the molecule is CCNc1ccnc(C(=O)NC2Cc3ccccc3C2)c1. The molecule has 0 atom stereocenters. The molecular formula is C17H19N3O. The normalized spacial score (nSPS) is 13.8. The first-order valence-electron chi connectivity index (χ1n) is 7.34. The van der Waals surface area contributed by atoms with Crippen LogP contribution in [0.1, 0.15) is 28.5 Å². The lowest BCUT2D eigenvalue weighted by molar-refractivity contribution is 0.0933. The van der Waals surface area contributed by atoms with Crippen molar-refractivity contribution >= 4 is 11.6 Å². The Kier molecular flexibility index (Phi) is 3.86. The van der Waals surface area contributed by atoms with Crippen LogP contribution in [0.25, 0.3) is 0 Å². The molecule has 0 radical (unpaired) electrons. The summed E-state index contributed by atoms with van der Waals surface area (Å²) >= 11 is 0. The Morgan fingerprint density at radius 3 is 2.62 bits per heavy atom. The van der Waals surface area contributed by atoms with E-state index in [4.69, 9.17) is 0 Å². The maximum Gasteiger partial charge on any atom is 0.270 e. The van der Waals surface area contributed by atoms with Crippen molar-refractivity contribution in [2.45, 2.75) is 25.8 Å². The van der Waals surface area contributed by atoms with E-state index in [1.54, 1.807) is 12.3 Å². The van der Waals surface area contributed by atoms with Crippen molar-refractivity contribution < 1.29 is 4.79 Å². The molecule has 0 saturated heterocycles. The second-order valence-corrected chi connectivity index (χ2v) is 5.31. The molecule has 1 aliphatic rings. The molecule has 1 aliphatic carbocycles. The van der Waals surface area contributed by atoms with Gasteiger partial charge in [0.15, 0.2) is 0 Å². The fourth-order valence-electron chi connectivity index (χ4n) is 2.79. The quantitative estimate of drug-likeness (QED) is 0.905. The third-order valence-electron chi connectivity index (χ3n) is 3.76. The van der Waals surface area contributed by atoms with Crippen LogP contribution in [-0.4, -0.2) is 23.5 Å². The Labute approximate surface area is 124 Å². The predicted molar refractivity (Wildman–Crippen MR) is 83.5 cm³/mol. The van der Waals surface area contributed by atoms with E-state index in [9.17, 15) is 4.79 Å². The minimum absolute atomic E-state index is 0.104. The van der Waals surface area contributed by atoms with Crippen molar-refractivity contribution in [2.24, 2.45) is 0 Å². The molecule has 3 rings (SSSR count). The molecule has 108 valence electrons. The molecule has 4 nitrogen and oxygen atoms in total. The third kappa shape index (κ3) is 3.05. The smallest absolute Gasteiger partial charge is 0.270 e. The van der Waals surface area contributed by atoms with Gasteiger partial charge in [0.25, 0.3) is 5.91 Å². The van der Waals surface area contributed by atoms with Crippen LogP contribution in [0.5, 0.6) is 0 Å². The molecule has 2 aromatic rings. The van der Waals surface area contributed by atoms with E-state index in [2.05, 4.69) is 27.8 Å². The molecule has 4 heteroatoms. The summed E-state index contributed by atoms with van der Waals surface area (Å²) in [4.78, 5) is 16.5. The molecule has 0 saturated carbocycles. The lowest BCUT2D eigenvalue weighted by Crippen LogP contribution is -2.35. The fraction of sp³-hybridized carbons (Fsp3) is 0.294. The van der Waals surface area contributed by atoms with Crippen LogP contribution >= 0.6 is 0 Å². The topological polar surface area (TPSA) is 54.0 Å². The van der Waals surface area contributed by atoms with Gasteiger partial charge in [0.2, 0.25) is 0 Å². The molecule has 0 aliphatic heterocycles. The van der Waals surface area contributed by atoms with E-state index >= 15 is 0 Å². The third-order valence-corrected chi connectivity index (χ3v) is 3.76. The van der Waals surface area contributed by atoms with Gasteiger partial charge >= 0.3 is 0 Å². The second kappa shape index (κ2) is 5.95. The van der Waals surface area contributed by atoms with Gasteiger partial charge in [-0.1, -0.05) is 24.3 Å². The summed E-state index contributed by atoms with van der Waals surface area (Å²) in [7, 11) is 0. The highest BCUT2D eigenvalue weighted by molar-refractivity contribution is 5.93. The van der Waals surface area contributed by atoms with E-state index in [1.165, 1.54) is 11.1 Å². The van der Waals surface area contributed by atoms with Crippen molar-refractivity contribution in [1.29, 1.82) is 0 Å². The van der Waals surface area contributed by atoms with E-state index < -0.39 is 0 Å². The van der Waals surface area contributed by atoms with Gasteiger partial charge in [0.05, 0.1) is 0 Å². The molecule has 1 aromatic heterocycles. The summed E-state index contributed by atoms with van der Waals surface area (Å²) in [6, 6.07) is 12.2. The maximum absolute atomic E-state index is 12.3. The Morgan fingerprint density at radius 2 is 1.95 bits per heavy atom. The largest absolute Gasteiger partial charge is 0.385 e. The van der Waals surface area contributed by atoms with Crippen LogP contribution < -0.4 is 10.6 Å². The van der Waals surface area contributed by atoms with E-state index in [0.717, 1.165) is 25.1 Å². The highest BCUT2D eigenvalue weighted by Crippen LogP contribution is 2.21. The zero-order valence-electron chi connectivity index (χ0n) is 12.1. The van der Waals surface area contributed by atoms with Crippen molar-refractivity contribution in [3.63, 3.8) is 0 Å². The number of anilines is 1. The van der Waals surface area contributed by atoms with Crippen molar-refractivity contribution in [2.75, 3.05) is 11.9 Å². The fourth-order valence-corrected chi connectivity index (χ4v) is 2.79. The number of aromatic nitrogens is 1. The number of nitrogens with one attached hydrogen (secondary N) is 2. The monoisotopic (exact) mass is 281 g/mol. The lowest BCUT2D eigenvalue weighted by Gasteiger charge is -2.12. The first-order valence-corrected chi connectivity index (χ1v) is 7.34. The summed E-state index contributed by atoms with van der Waals surface area (Å²) in [5, 5.41) is 6.27. The Hall–Kier alpha value is -2.36. The molecular weight excluding hydrogens is 262 g/mol. The molecule has 1 amide bonds. The van der Waals surface area contributed by atoms with Gasteiger partial charge in [-0.15, -0.1) is 0 Å². The zero-order valence-corrected chi connectivity index (χ0v) is 12.1. The summed E-state index contributed by atoms with van der Waals surface area (Å²) in [5.41, 5.74) is 4.05. The number of rotatable bonds is 4. The molecule has 21 heavy (non-hydrogen) atoms. The van der Waals surface area contributed by atoms with Crippen LogP contribution in [0.3, 0.4) is 0 Å². The number of amides is 1. The van der Waals surface area contributed by atoms with Gasteiger partial charge < -0.3 is 10.6 Å². The molecule has 0 fully saturated rings. The van der Waals surface area contributed by atoms with Crippen LogP contribution in [0.2, 0.25) is 0 Å². The first-order chi connectivity index (χ1) is 10.3. The number of benzene rings is 1. The van der Waals surface area contributed by atoms with E-state index in [-0.39, 0.29) is 11.9 Å². The number of carbonyl (C=O) groups is 1. The number of nitrogens with zero attached hydrogens (tertiary/aromatic N) is 1. The summed E-state index contributed by atoms with van der Waals surface area (Å²) < 4.78 is 0. The standard InChI is InChI=1S/C17H19N3O/c1-2-18-14-7-8-19-16(11-14)17(21)20-15-9-12-5-3-4-6-13(12)10-15/h3-8,11,15H,2,9-10H2,1H3,(H,18,19)(H,20,21). The number of fused-ring (bicyclic) bond motifs is 1. The predicted octanol–water partition coefficient (Wildman–Crippen LogP) is 2.41. The Morgan fingerprint density at radius 1 is 1.24 bits per heavy atom. The maximum atomic E-state index is 12.3. The van der Waals surface area contributed by atoms with E-state index in [1.807, 2.05) is 25.1 Å². The van der Waals surface area contributed by atoms with E-state index in [0.29, 0.717) is 5.69 Å². The first kappa shape index (κ1) is 13.6.